The van der Waals surface area contributed by atoms with Gasteiger partial charge >= 0.3 is 0 Å². The van der Waals surface area contributed by atoms with Gasteiger partial charge in [0.15, 0.2) is 0 Å². The molecule has 1 heteroatoms. The number of hydrogen-bond donors (Lipinski definition) is 0. The maximum absolute atomic E-state index is 6.24. The van der Waals surface area contributed by atoms with Gasteiger partial charge in [0.25, 0.3) is 0 Å². The molecular formula is C26H44O. The maximum atomic E-state index is 6.24. The molecule has 3 atom stereocenters. The molecule has 27 heavy (non-hydrogen) atoms. The number of benzene rings is 1. The van der Waals surface area contributed by atoms with E-state index in [1.54, 1.807) is 0 Å². The Bertz CT molecular complexity index is 533. The summed E-state index contributed by atoms with van der Waals surface area (Å²) in [7, 11) is 0. The molecule has 154 valence electrons. The zero-order valence-corrected chi connectivity index (χ0v) is 18.7. The van der Waals surface area contributed by atoms with Crippen LogP contribution in [0.15, 0.2) is 18.2 Å². The predicted octanol–water partition coefficient (Wildman–Crippen LogP) is 8.13. The Balaban J connectivity index is 1.53. The first-order valence-electron chi connectivity index (χ1n) is 11.7. The minimum Gasteiger partial charge on any atom is -0.490 e. The number of aryl methyl sites for hydroxylation is 2. The van der Waals surface area contributed by atoms with Crippen molar-refractivity contribution < 1.29 is 4.74 Å². The van der Waals surface area contributed by atoms with Gasteiger partial charge in [0.2, 0.25) is 0 Å². The quantitative estimate of drug-likeness (QED) is 0.360. The summed E-state index contributed by atoms with van der Waals surface area (Å²) in [5.74, 6) is 3.78. The van der Waals surface area contributed by atoms with Crippen LogP contribution in [0.5, 0.6) is 5.75 Å². The zero-order chi connectivity index (χ0) is 19.6. The van der Waals surface area contributed by atoms with E-state index < -0.39 is 0 Å². The van der Waals surface area contributed by atoms with E-state index in [-0.39, 0.29) is 0 Å². The second kappa shape index (κ2) is 11.8. The van der Waals surface area contributed by atoms with Crippen LogP contribution in [0.25, 0.3) is 0 Å². The highest BCUT2D eigenvalue weighted by Crippen LogP contribution is 2.30. The van der Waals surface area contributed by atoms with Crippen molar-refractivity contribution in [3.63, 3.8) is 0 Å². The van der Waals surface area contributed by atoms with Crippen LogP contribution in [-0.2, 0) is 6.42 Å². The molecule has 3 unspecified atom stereocenters. The molecule has 0 saturated carbocycles. The fourth-order valence-electron chi connectivity index (χ4n) is 4.45. The molecule has 0 aromatic heterocycles. The third-order valence-electron chi connectivity index (χ3n) is 6.34. The lowest BCUT2D eigenvalue weighted by molar-refractivity contribution is 0.158. The molecule has 0 saturated heterocycles. The average Bonchev–Trinajstić information content (AvgIpc) is 2.61. The molecule has 0 fully saturated rings. The Morgan fingerprint density at radius 2 is 1.52 bits per heavy atom. The van der Waals surface area contributed by atoms with Gasteiger partial charge in [0.05, 0.1) is 6.10 Å². The molecule has 0 spiro atoms. The first-order valence-corrected chi connectivity index (χ1v) is 11.7. The van der Waals surface area contributed by atoms with Crippen LogP contribution in [0.4, 0.5) is 0 Å². The van der Waals surface area contributed by atoms with Crippen LogP contribution < -0.4 is 4.74 Å². The Morgan fingerprint density at radius 1 is 0.889 bits per heavy atom. The molecular weight excluding hydrogens is 328 g/mol. The highest BCUT2D eigenvalue weighted by Gasteiger charge is 2.19. The highest BCUT2D eigenvalue weighted by atomic mass is 16.5. The number of ether oxygens (including phenoxy) is 1. The summed E-state index contributed by atoms with van der Waals surface area (Å²) < 4.78 is 6.24. The molecule has 1 nitrogen and oxygen atoms in total. The number of rotatable bonds is 12. The summed E-state index contributed by atoms with van der Waals surface area (Å²) in [6, 6.07) is 6.63. The second-order valence-corrected chi connectivity index (χ2v) is 9.79. The minimum atomic E-state index is 0.438. The average molecular weight is 373 g/mol. The molecule has 0 N–H and O–H groups in total. The standard InChI is InChI=1S/C26H44O/c1-20(2)9-6-10-21(3)11-7-12-22(4)13-8-14-25-17-16-24-19-23(5)15-18-26(24)27-25/h15,18-22,25H,6-14,16-17H2,1-5H3. The fraction of sp³-hybridized carbons (Fsp3) is 0.769. The van der Waals surface area contributed by atoms with Gasteiger partial charge in [-0.3, -0.25) is 0 Å². The predicted molar refractivity (Wildman–Crippen MR) is 119 cm³/mol. The fourth-order valence-corrected chi connectivity index (χ4v) is 4.45. The van der Waals surface area contributed by atoms with Crippen LogP contribution in [-0.4, -0.2) is 6.10 Å². The molecule has 1 heterocycles. The van der Waals surface area contributed by atoms with Crippen molar-refractivity contribution in [1.82, 2.24) is 0 Å². The topological polar surface area (TPSA) is 9.23 Å². The first-order chi connectivity index (χ1) is 12.9. The monoisotopic (exact) mass is 372 g/mol. The third kappa shape index (κ3) is 8.71. The first kappa shape index (κ1) is 22.3. The number of hydrogen-bond acceptors (Lipinski definition) is 1. The largest absolute Gasteiger partial charge is 0.490 e. The van der Waals surface area contributed by atoms with Gasteiger partial charge in [-0.05, 0) is 62.0 Å². The highest BCUT2D eigenvalue weighted by molar-refractivity contribution is 5.38. The van der Waals surface area contributed by atoms with Crippen molar-refractivity contribution in [2.75, 3.05) is 0 Å². The van der Waals surface area contributed by atoms with E-state index in [0.29, 0.717) is 6.10 Å². The van der Waals surface area contributed by atoms with Crippen LogP contribution in [0.3, 0.4) is 0 Å². The van der Waals surface area contributed by atoms with E-state index in [4.69, 9.17) is 4.74 Å². The van der Waals surface area contributed by atoms with Crippen molar-refractivity contribution in [3.8, 4) is 5.75 Å². The van der Waals surface area contributed by atoms with Crippen molar-refractivity contribution in [2.45, 2.75) is 111 Å². The molecule has 1 aliphatic rings. The van der Waals surface area contributed by atoms with Gasteiger partial charge in [-0.1, -0.05) is 90.3 Å². The van der Waals surface area contributed by atoms with E-state index in [9.17, 15) is 0 Å². The van der Waals surface area contributed by atoms with Gasteiger partial charge in [-0.2, -0.15) is 0 Å². The molecule has 0 aliphatic carbocycles. The summed E-state index contributed by atoms with van der Waals surface area (Å²) >= 11 is 0. The van der Waals surface area contributed by atoms with E-state index >= 15 is 0 Å². The summed E-state index contributed by atoms with van der Waals surface area (Å²) in [5, 5.41) is 0. The van der Waals surface area contributed by atoms with Crippen LogP contribution in [0, 0.1) is 24.7 Å². The van der Waals surface area contributed by atoms with Gasteiger partial charge < -0.3 is 4.74 Å². The minimum absolute atomic E-state index is 0.438. The SMILES string of the molecule is Cc1ccc2c(c1)CCC(CCCC(C)CCCC(C)CCCC(C)C)O2. The molecule has 1 aliphatic heterocycles. The third-order valence-corrected chi connectivity index (χ3v) is 6.34. The second-order valence-electron chi connectivity index (χ2n) is 9.79. The lowest BCUT2D eigenvalue weighted by Gasteiger charge is -2.26. The lowest BCUT2D eigenvalue weighted by Crippen LogP contribution is -2.22. The molecule has 0 bridgehead atoms. The Kier molecular flexibility index (Phi) is 9.73. The number of fused-ring (bicyclic) bond motifs is 1. The molecule has 1 aromatic carbocycles. The van der Waals surface area contributed by atoms with Crippen LogP contribution in [0.1, 0.15) is 103 Å². The summed E-state index contributed by atoms with van der Waals surface area (Å²) in [4.78, 5) is 0. The summed E-state index contributed by atoms with van der Waals surface area (Å²) in [6.45, 7) is 11.7. The Labute approximate surface area is 169 Å². The molecule has 0 amide bonds. The smallest absolute Gasteiger partial charge is 0.122 e. The van der Waals surface area contributed by atoms with Gasteiger partial charge in [0.1, 0.15) is 5.75 Å². The van der Waals surface area contributed by atoms with E-state index in [2.05, 4.69) is 52.8 Å². The van der Waals surface area contributed by atoms with Crippen molar-refractivity contribution in [2.24, 2.45) is 17.8 Å². The summed E-state index contributed by atoms with van der Waals surface area (Å²) in [6.07, 6.45) is 15.2. The molecule has 0 radical (unpaired) electrons. The van der Waals surface area contributed by atoms with E-state index in [1.807, 2.05) is 0 Å². The van der Waals surface area contributed by atoms with Crippen LogP contribution >= 0.6 is 0 Å². The normalized spacial score (nSPS) is 18.8. The van der Waals surface area contributed by atoms with Gasteiger partial charge in [0, 0.05) is 0 Å². The lowest BCUT2D eigenvalue weighted by atomic mass is 9.91. The van der Waals surface area contributed by atoms with Crippen LogP contribution in [0.2, 0.25) is 0 Å². The van der Waals surface area contributed by atoms with Gasteiger partial charge in [-0.15, -0.1) is 0 Å². The Hall–Kier alpha value is -0.980. The van der Waals surface area contributed by atoms with Crippen molar-refractivity contribution in [1.29, 1.82) is 0 Å². The van der Waals surface area contributed by atoms with Gasteiger partial charge in [-0.25, -0.2) is 0 Å². The van der Waals surface area contributed by atoms with E-state index in [0.717, 1.165) is 23.5 Å². The Morgan fingerprint density at radius 3 is 2.19 bits per heavy atom. The van der Waals surface area contributed by atoms with Crippen molar-refractivity contribution in [3.05, 3.63) is 29.3 Å². The molecule has 2 rings (SSSR count). The summed E-state index contributed by atoms with van der Waals surface area (Å²) in [5.41, 5.74) is 2.75. The maximum Gasteiger partial charge on any atom is 0.122 e. The van der Waals surface area contributed by atoms with Crippen molar-refractivity contribution >= 4 is 0 Å². The zero-order valence-electron chi connectivity index (χ0n) is 18.7. The molecule has 1 aromatic rings. The van der Waals surface area contributed by atoms with E-state index in [1.165, 1.54) is 81.8 Å².